The molecule has 0 bridgehead atoms. The van der Waals surface area contributed by atoms with Gasteiger partial charge in [-0.1, -0.05) is 6.42 Å². The highest BCUT2D eigenvalue weighted by Crippen LogP contribution is 2.41. The van der Waals surface area contributed by atoms with Crippen LogP contribution < -0.4 is 26.6 Å². The molecule has 3 aromatic rings. The van der Waals surface area contributed by atoms with E-state index >= 15 is 0 Å². The van der Waals surface area contributed by atoms with Crippen LogP contribution in [0.25, 0.3) is 0 Å². The number of amides is 3. The second-order valence-corrected chi connectivity index (χ2v) is 8.69. The monoisotopic (exact) mass is 519 g/mol. The highest BCUT2D eigenvalue weighted by molar-refractivity contribution is 6.08. The van der Waals surface area contributed by atoms with E-state index < -0.39 is 17.4 Å². The maximum absolute atomic E-state index is 13.1. The summed E-state index contributed by atoms with van der Waals surface area (Å²) in [5, 5.41) is 14.2. The maximum Gasteiger partial charge on any atom is 0.320 e. The largest absolute Gasteiger partial charge is 0.469 e. The van der Waals surface area contributed by atoms with Gasteiger partial charge < -0.3 is 26.0 Å². The smallest absolute Gasteiger partial charge is 0.320 e. The molecule has 3 aromatic heterocycles. The van der Waals surface area contributed by atoms with E-state index in [0.29, 0.717) is 36.1 Å². The fourth-order valence-electron chi connectivity index (χ4n) is 3.93. The predicted molar refractivity (Wildman–Crippen MR) is 141 cm³/mol. The summed E-state index contributed by atoms with van der Waals surface area (Å²) in [6.45, 7) is 2.63. The molecule has 13 nitrogen and oxygen atoms in total. The Hall–Kier alpha value is -4.81. The van der Waals surface area contributed by atoms with Crippen molar-refractivity contribution in [2.75, 3.05) is 41.5 Å². The molecule has 1 aliphatic rings. The summed E-state index contributed by atoms with van der Waals surface area (Å²) in [6, 6.07) is 4.69. The van der Waals surface area contributed by atoms with Gasteiger partial charge in [-0.2, -0.15) is 0 Å². The molecule has 0 atom stereocenters. The molecule has 0 aliphatic heterocycles. The van der Waals surface area contributed by atoms with Gasteiger partial charge in [-0.05, 0) is 31.9 Å². The molecule has 0 spiro atoms. The lowest BCUT2D eigenvalue weighted by Crippen LogP contribution is -2.44. The number of esters is 1. The molecular weight excluding hydrogens is 490 g/mol. The Bertz CT molecular complexity index is 1280. The second kappa shape index (κ2) is 12.0. The van der Waals surface area contributed by atoms with Gasteiger partial charge in [0.15, 0.2) is 0 Å². The molecule has 0 unspecified atom stereocenters. The topological polar surface area (TPSA) is 172 Å². The van der Waals surface area contributed by atoms with Crippen molar-refractivity contribution >= 4 is 46.7 Å². The zero-order valence-electron chi connectivity index (χ0n) is 21.1. The average molecular weight is 520 g/mol. The number of carbonyl (C=O) groups excluding carboxylic acids is 3. The average Bonchev–Trinajstić information content (AvgIpc) is 2.89. The molecule has 0 saturated heterocycles. The number of urea groups is 1. The van der Waals surface area contributed by atoms with E-state index in [1.54, 1.807) is 37.5 Å². The fourth-order valence-corrected chi connectivity index (χ4v) is 3.93. The molecule has 5 N–H and O–H groups in total. The van der Waals surface area contributed by atoms with Crippen LogP contribution in [0.5, 0.6) is 0 Å². The van der Waals surface area contributed by atoms with Gasteiger partial charge in [-0.15, -0.1) is 0 Å². The minimum Gasteiger partial charge on any atom is -0.469 e. The summed E-state index contributed by atoms with van der Waals surface area (Å²) in [4.78, 5) is 53.9. The summed E-state index contributed by atoms with van der Waals surface area (Å²) in [6.07, 6.45) is 10.00. The Labute approximate surface area is 219 Å². The number of hydrogen-bond acceptors (Lipinski definition) is 10. The minimum atomic E-state index is -0.548. The Morgan fingerprint density at radius 3 is 2.45 bits per heavy atom. The van der Waals surface area contributed by atoms with Crippen LogP contribution in [0.4, 0.5) is 33.6 Å². The molecule has 3 amide bonds. The van der Waals surface area contributed by atoms with Crippen molar-refractivity contribution in [2.45, 2.75) is 26.2 Å². The van der Waals surface area contributed by atoms with E-state index in [4.69, 9.17) is 4.74 Å². The number of methoxy groups -OCH3 is 1. The second-order valence-electron chi connectivity index (χ2n) is 8.69. The first-order valence-electron chi connectivity index (χ1n) is 12.1. The number of aromatic nitrogens is 4. The molecule has 1 saturated carbocycles. The quantitative estimate of drug-likeness (QED) is 0.250. The van der Waals surface area contributed by atoms with Gasteiger partial charge in [0.2, 0.25) is 5.95 Å². The van der Waals surface area contributed by atoms with Gasteiger partial charge >= 0.3 is 12.0 Å². The van der Waals surface area contributed by atoms with Gasteiger partial charge in [-0.3, -0.25) is 19.9 Å². The van der Waals surface area contributed by atoms with Crippen LogP contribution in [-0.4, -0.2) is 58.0 Å². The van der Waals surface area contributed by atoms with E-state index in [1.165, 1.54) is 25.7 Å². The van der Waals surface area contributed by atoms with Gasteiger partial charge in [0.05, 0.1) is 53.7 Å². The number of anilines is 5. The highest BCUT2D eigenvalue weighted by atomic mass is 16.5. The van der Waals surface area contributed by atoms with Crippen molar-refractivity contribution in [1.82, 2.24) is 25.3 Å². The lowest BCUT2D eigenvalue weighted by Gasteiger charge is -2.38. The Morgan fingerprint density at radius 1 is 1.03 bits per heavy atom. The van der Waals surface area contributed by atoms with Crippen molar-refractivity contribution in [3.63, 3.8) is 0 Å². The number of nitrogens with one attached hydrogen (secondary N) is 5. The lowest BCUT2D eigenvalue weighted by atomic mass is 9.69. The van der Waals surface area contributed by atoms with Crippen LogP contribution in [0.15, 0.2) is 49.2 Å². The SMILES string of the molecule is CCNC(=O)Nc1cc(Nc2cccnc2)c(C(=O)Nc2cnc(NCC3(C(=O)OC)CCC3)nc2)cn1. The first kappa shape index (κ1) is 26.3. The van der Waals surface area contributed by atoms with Crippen molar-refractivity contribution in [2.24, 2.45) is 5.41 Å². The molecule has 0 radical (unpaired) electrons. The number of ether oxygens (including phenoxy) is 1. The first-order chi connectivity index (χ1) is 18.4. The van der Waals surface area contributed by atoms with Crippen LogP contribution in [-0.2, 0) is 9.53 Å². The van der Waals surface area contributed by atoms with Crippen LogP contribution in [0, 0.1) is 5.41 Å². The van der Waals surface area contributed by atoms with Crippen molar-refractivity contribution in [3.8, 4) is 0 Å². The number of hydrogen-bond donors (Lipinski definition) is 5. The van der Waals surface area contributed by atoms with Crippen molar-refractivity contribution in [3.05, 3.63) is 54.7 Å². The van der Waals surface area contributed by atoms with Crippen molar-refractivity contribution < 1.29 is 19.1 Å². The van der Waals surface area contributed by atoms with Crippen LogP contribution >= 0.6 is 0 Å². The Morgan fingerprint density at radius 2 is 1.82 bits per heavy atom. The van der Waals surface area contributed by atoms with Gasteiger partial charge in [-0.25, -0.2) is 19.7 Å². The lowest BCUT2D eigenvalue weighted by molar-refractivity contribution is -0.157. The molecular formula is C25H29N9O4. The third kappa shape index (κ3) is 6.30. The molecule has 3 heterocycles. The molecule has 1 fully saturated rings. The summed E-state index contributed by atoms with van der Waals surface area (Å²) in [5.41, 5.74) is 1.09. The van der Waals surface area contributed by atoms with E-state index in [0.717, 1.165) is 19.3 Å². The Balaban J connectivity index is 1.45. The molecule has 4 rings (SSSR count). The standard InChI is InChI=1S/C25H29N9O4/c1-3-27-24(37)34-20-10-19(32-16-6-4-9-26-11-16)18(14-28-20)21(35)33-17-12-29-23(30-13-17)31-15-25(7-5-8-25)22(36)38-2/h4,6,9-14H,3,5,7-8,15H2,1-2H3,(H,33,35)(H,29,30,31)(H3,27,28,32,34,37). The van der Waals surface area contributed by atoms with E-state index in [1.807, 2.05) is 0 Å². The first-order valence-corrected chi connectivity index (χ1v) is 12.1. The summed E-state index contributed by atoms with van der Waals surface area (Å²) in [5.74, 6) is -0.109. The number of pyridine rings is 2. The number of nitrogens with zero attached hydrogens (tertiary/aromatic N) is 4. The van der Waals surface area contributed by atoms with Crippen LogP contribution in [0.3, 0.4) is 0 Å². The minimum absolute atomic E-state index is 0.225. The van der Waals surface area contributed by atoms with Crippen LogP contribution in [0.1, 0.15) is 36.5 Å². The van der Waals surface area contributed by atoms with Gasteiger partial charge in [0.1, 0.15) is 5.82 Å². The van der Waals surface area contributed by atoms with Gasteiger partial charge in [0.25, 0.3) is 5.91 Å². The maximum atomic E-state index is 13.1. The summed E-state index contributed by atoms with van der Waals surface area (Å²) < 4.78 is 4.93. The summed E-state index contributed by atoms with van der Waals surface area (Å²) >= 11 is 0. The van der Waals surface area contributed by atoms with E-state index in [9.17, 15) is 14.4 Å². The summed E-state index contributed by atoms with van der Waals surface area (Å²) in [7, 11) is 1.39. The fraction of sp³-hybridized carbons (Fsp3) is 0.320. The highest BCUT2D eigenvalue weighted by Gasteiger charge is 2.45. The number of rotatable bonds is 10. The molecule has 0 aromatic carbocycles. The van der Waals surface area contributed by atoms with Gasteiger partial charge in [0, 0.05) is 31.5 Å². The normalized spacial score (nSPS) is 13.4. The Kier molecular flexibility index (Phi) is 8.26. The third-order valence-corrected chi connectivity index (χ3v) is 6.09. The third-order valence-electron chi connectivity index (χ3n) is 6.09. The van der Waals surface area contributed by atoms with Crippen molar-refractivity contribution in [1.29, 1.82) is 0 Å². The molecule has 38 heavy (non-hydrogen) atoms. The van der Waals surface area contributed by atoms with E-state index in [-0.39, 0.29) is 17.4 Å². The zero-order chi connectivity index (χ0) is 27.0. The molecule has 13 heteroatoms. The molecule has 1 aliphatic carbocycles. The zero-order valence-corrected chi connectivity index (χ0v) is 21.1. The van der Waals surface area contributed by atoms with E-state index in [2.05, 4.69) is 46.5 Å². The number of carbonyl (C=O) groups is 3. The molecule has 198 valence electrons. The van der Waals surface area contributed by atoms with Crippen LogP contribution in [0.2, 0.25) is 0 Å². The predicted octanol–water partition coefficient (Wildman–Crippen LogP) is 3.16.